The first-order valence-corrected chi connectivity index (χ1v) is 10.5. The third kappa shape index (κ3) is 4.87. The number of alkyl halides is 2. The third-order valence-corrected chi connectivity index (χ3v) is 6.32. The zero-order valence-corrected chi connectivity index (χ0v) is 16.5. The minimum atomic E-state index is -2.78. The maximum Gasteiger partial charge on any atom is 0.294 e. The summed E-state index contributed by atoms with van der Waals surface area (Å²) in [6.07, 6.45) is -0.738. The number of rotatable bonds is 4. The summed E-state index contributed by atoms with van der Waals surface area (Å²) in [5.41, 5.74) is 0.524. The van der Waals surface area contributed by atoms with Crippen LogP contribution in [0.15, 0.2) is 33.6 Å². The molecule has 156 valence electrons. The molecule has 1 heterocycles. The zero-order chi connectivity index (χ0) is 21.3. The van der Waals surface area contributed by atoms with Gasteiger partial charge in [-0.25, -0.2) is 22.5 Å². The quantitative estimate of drug-likeness (QED) is 0.690. The fourth-order valence-corrected chi connectivity index (χ4v) is 4.41. The second-order valence-electron chi connectivity index (χ2n) is 6.54. The number of hydrogen-bond donors (Lipinski definition) is 2. The van der Waals surface area contributed by atoms with Crippen LogP contribution in [0.2, 0.25) is 0 Å². The molecule has 7 nitrogen and oxygen atoms in total. The van der Waals surface area contributed by atoms with Crippen LogP contribution in [0.1, 0.15) is 25.7 Å². The SMILES string of the molecule is NS(=O)c1ccc(NC(=O)CN2C(=O)SC(=C3CCC(F)(F)CC3)C2=O)cc1F. The number of carbonyl (C=O) groups excluding carboxylic acids is 3. The smallest absolute Gasteiger partial charge is 0.294 e. The lowest BCUT2D eigenvalue weighted by Gasteiger charge is -2.24. The zero-order valence-electron chi connectivity index (χ0n) is 14.9. The van der Waals surface area contributed by atoms with Crippen LogP contribution in [-0.2, 0) is 20.6 Å². The van der Waals surface area contributed by atoms with Crippen molar-refractivity contribution in [2.75, 3.05) is 11.9 Å². The van der Waals surface area contributed by atoms with E-state index in [2.05, 4.69) is 5.32 Å². The second kappa shape index (κ2) is 8.28. The van der Waals surface area contributed by atoms with Gasteiger partial charge in [0.25, 0.3) is 11.1 Å². The van der Waals surface area contributed by atoms with Gasteiger partial charge >= 0.3 is 0 Å². The lowest BCUT2D eigenvalue weighted by atomic mass is 9.91. The first-order chi connectivity index (χ1) is 13.6. The molecule has 0 aromatic heterocycles. The van der Waals surface area contributed by atoms with Gasteiger partial charge in [-0.3, -0.25) is 19.3 Å². The molecular formula is C17H16F3N3O4S2. The molecule has 2 aliphatic rings. The van der Waals surface area contributed by atoms with Crippen molar-refractivity contribution in [3.05, 3.63) is 34.5 Å². The summed E-state index contributed by atoms with van der Waals surface area (Å²) < 4.78 is 51.5. The van der Waals surface area contributed by atoms with Crippen molar-refractivity contribution in [3.63, 3.8) is 0 Å². The van der Waals surface area contributed by atoms with Crippen molar-refractivity contribution >= 4 is 45.5 Å². The first-order valence-electron chi connectivity index (χ1n) is 8.46. The molecule has 0 bridgehead atoms. The summed E-state index contributed by atoms with van der Waals surface area (Å²) in [6, 6.07) is 3.33. The predicted octanol–water partition coefficient (Wildman–Crippen LogP) is 2.90. The van der Waals surface area contributed by atoms with Crippen LogP contribution in [0.4, 0.5) is 23.7 Å². The predicted molar refractivity (Wildman–Crippen MR) is 101 cm³/mol. The summed E-state index contributed by atoms with van der Waals surface area (Å²) in [5, 5.41) is 6.77. The van der Waals surface area contributed by atoms with Gasteiger partial charge in [0, 0.05) is 18.5 Å². The van der Waals surface area contributed by atoms with Gasteiger partial charge in [0.1, 0.15) is 23.3 Å². The van der Waals surface area contributed by atoms with Crippen LogP contribution in [0.3, 0.4) is 0 Å². The van der Waals surface area contributed by atoms with Gasteiger partial charge in [-0.15, -0.1) is 0 Å². The molecule has 2 fully saturated rings. The molecule has 1 aliphatic heterocycles. The van der Waals surface area contributed by atoms with Crippen LogP contribution in [0, 0.1) is 5.82 Å². The van der Waals surface area contributed by atoms with E-state index in [0.717, 1.165) is 17.0 Å². The highest BCUT2D eigenvalue weighted by atomic mass is 32.2. The highest BCUT2D eigenvalue weighted by Crippen LogP contribution is 2.42. The highest BCUT2D eigenvalue weighted by Gasteiger charge is 2.41. The van der Waals surface area contributed by atoms with E-state index in [1.165, 1.54) is 6.07 Å². The number of thioether (sulfide) groups is 1. The molecule has 1 unspecified atom stereocenters. The molecule has 3 N–H and O–H groups in total. The van der Waals surface area contributed by atoms with E-state index in [9.17, 15) is 31.8 Å². The minimum absolute atomic E-state index is 0.0164. The maximum atomic E-state index is 13.8. The number of anilines is 1. The number of amides is 3. The average molecular weight is 447 g/mol. The molecule has 1 aromatic carbocycles. The summed E-state index contributed by atoms with van der Waals surface area (Å²) in [6.45, 7) is -0.607. The first kappa shape index (κ1) is 21.5. The fourth-order valence-electron chi connectivity index (χ4n) is 2.98. The van der Waals surface area contributed by atoms with Gasteiger partial charge < -0.3 is 5.32 Å². The number of nitrogens with two attached hydrogens (primary N) is 1. The normalized spacial score (nSPS) is 20.2. The molecule has 1 saturated carbocycles. The number of allylic oxidation sites excluding steroid dienone is 1. The van der Waals surface area contributed by atoms with E-state index < -0.39 is 46.3 Å². The van der Waals surface area contributed by atoms with Crippen molar-refractivity contribution < 1.29 is 31.8 Å². The van der Waals surface area contributed by atoms with Crippen LogP contribution in [0.5, 0.6) is 0 Å². The Kier molecular flexibility index (Phi) is 6.15. The summed E-state index contributed by atoms with van der Waals surface area (Å²) in [5.74, 6) is -5.11. The standard InChI is InChI=1S/C17H16F3N3O4S2/c18-11-7-10(1-2-12(11)29(21)27)22-13(24)8-23-15(25)14(28-16(23)26)9-3-5-17(19,20)6-4-9/h1-2,7H,3-6,8,21H2,(H,22,24). The third-order valence-electron chi connectivity index (χ3n) is 4.49. The monoisotopic (exact) mass is 447 g/mol. The Morgan fingerprint density at radius 1 is 1.28 bits per heavy atom. The molecule has 3 rings (SSSR count). The summed E-state index contributed by atoms with van der Waals surface area (Å²) in [7, 11) is -2.03. The van der Waals surface area contributed by atoms with Gasteiger partial charge in [0.2, 0.25) is 11.8 Å². The topological polar surface area (TPSA) is 110 Å². The lowest BCUT2D eigenvalue weighted by Crippen LogP contribution is -2.36. The molecule has 1 aromatic rings. The van der Waals surface area contributed by atoms with Gasteiger partial charge in [-0.1, -0.05) is 5.57 Å². The lowest BCUT2D eigenvalue weighted by molar-refractivity contribution is -0.127. The van der Waals surface area contributed by atoms with E-state index in [-0.39, 0.29) is 41.2 Å². The largest absolute Gasteiger partial charge is 0.324 e. The number of imide groups is 1. The number of nitrogens with zero attached hydrogens (tertiary/aromatic N) is 1. The molecular weight excluding hydrogens is 431 g/mol. The number of halogens is 3. The van der Waals surface area contributed by atoms with E-state index in [1.54, 1.807) is 0 Å². The van der Waals surface area contributed by atoms with E-state index in [1.807, 2.05) is 0 Å². The van der Waals surface area contributed by atoms with Crippen molar-refractivity contribution in [1.29, 1.82) is 0 Å². The number of carbonyl (C=O) groups is 3. The van der Waals surface area contributed by atoms with Crippen LogP contribution in [-0.4, -0.2) is 38.6 Å². The fraction of sp³-hybridized carbons (Fsp3) is 0.353. The van der Waals surface area contributed by atoms with Crippen molar-refractivity contribution in [2.45, 2.75) is 36.5 Å². The van der Waals surface area contributed by atoms with Gasteiger partial charge in [0.05, 0.1) is 9.80 Å². The van der Waals surface area contributed by atoms with Gasteiger partial charge in [-0.2, -0.15) is 0 Å². The Labute approximate surface area is 170 Å². The number of nitrogens with one attached hydrogen (secondary N) is 1. The maximum absolute atomic E-state index is 13.8. The summed E-state index contributed by atoms with van der Waals surface area (Å²) in [4.78, 5) is 37.4. The van der Waals surface area contributed by atoms with E-state index >= 15 is 0 Å². The Hall–Kier alpha value is -2.18. The molecule has 1 atom stereocenters. The second-order valence-corrected chi connectivity index (χ2v) is 8.53. The molecule has 0 spiro atoms. The number of benzene rings is 1. The van der Waals surface area contributed by atoms with Crippen molar-refractivity contribution in [1.82, 2.24) is 4.90 Å². The Morgan fingerprint density at radius 2 is 1.93 bits per heavy atom. The van der Waals surface area contributed by atoms with E-state index in [0.29, 0.717) is 17.3 Å². The molecule has 1 saturated heterocycles. The van der Waals surface area contributed by atoms with Gasteiger partial charge in [0.15, 0.2) is 0 Å². The van der Waals surface area contributed by atoms with Crippen LogP contribution in [0.25, 0.3) is 0 Å². The molecule has 12 heteroatoms. The Bertz CT molecular complexity index is 940. The molecule has 0 radical (unpaired) electrons. The van der Waals surface area contributed by atoms with Gasteiger partial charge in [-0.05, 0) is 42.8 Å². The Morgan fingerprint density at radius 3 is 2.52 bits per heavy atom. The Balaban J connectivity index is 1.66. The van der Waals surface area contributed by atoms with Crippen molar-refractivity contribution in [3.8, 4) is 0 Å². The highest BCUT2D eigenvalue weighted by molar-refractivity contribution is 8.18. The van der Waals surface area contributed by atoms with Crippen molar-refractivity contribution in [2.24, 2.45) is 5.14 Å². The van der Waals surface area contributed by atoms with Crippen LogP contribution < -0.4 is 10.5 Å². The van der Waals surface area contributed by atoms with Crippen LogP contribution >= 0.6 is 11.8 Å². The average Bonchev–Trinajstić information content (AvgIpc) is 2.89. The molecule has 3 amide bonds. The molecule has 1 aliphatic carbocycles. The summed E-state index contributed by atoms with van der Waals surface area (Å²) >= 11 is 0.629. The number of hydrogen-bond acceptors (Lipinski definition) is 5. The molecule has 29 heavy (non-hydrogen) atoms. The van der Waals surface area contributed by atoms with E-state index in [4.69, 9.17) is 5.14 Å². The minimum Gasteiger partial charge on any atom is -0.324 e.